The highest BCUT2D eigenvalue weighted by Gasteiger charge is 2.35. The molecule has 0 aromatic rings. The molecule has 0 bridgehead atoms. The molecule has 1 heterocycles. The van der Waals surface area contributed by atoms with E-state index in [0.717, 1.165) is 34.4 Å². The maximum absolute atomic E-state index is 12.2. The Balaban J connectivity index is 2.26. The third kappa shape index (κ3) is 7.41. The third-order valence-electron chi connectivity index (χ3n) is 5.67. The van der Waals surface area contributed by atoms with Crippen LogP contribution in [0, 0.1) is 22.0 Å². The minimum atomic E-state index is -0.938. The first-order chi connectivity index (χ1) is 15.2. The van der Waals surface area contributed by atoms with E-state index >= 15 is 0 Å². The second-order valence-electron chi connectivity index (χ2n) is 7.80. The zero-order valence-electron chi connectivity index (χ0n) is 18.7. The lowest BCUT2D eigenvalue weighted by atomic mass is 9.78. The Kier molecular flexibility index (Phi) is 9.78. The van der Waals surface area contributed by atoms with Gasteiger partial charge < -0.3 is 15.0 Å². The summed E-state index contributed by atoms with van der Waals surface area (Å²) in [5.74, 6) is 0.221. The molecule has 0 aromatic heterocycles. The van der Waals surface area contributed by atoms with Crippen molar-refractivity contribution in [1.82, 2.24) is 5.32 Å². The van der Waals surface area contributed by atoms with Crippen LogP contribution in [0.2, 0.25) is 0 Å². The van der Waals surface area contributed by atoms with Crippen LogP contribution in [0.3, 0.4) is 0 Å². The van der Waals surface area contributed by atoms with Crippen molar-refractivity contribution in [1.29, 1.82) is 0 Å². The Labute approximate surface area is 192 Å². The molecule has 2 rings (SSSR count). The van der Waals surface area contributed by atoms with Crippen molar-refractivity contribution < 1.29 is 19.4 Å². The fourth-order valence-electron chi connectivity index (χ4n) is 3.94. The Hall–Kier alpha value is -2.80. The van der Waals surface area contributed by atoms with Crippen LogP contribution in [0.4, 0.5) is 0 Å². The summed E-state index contributed by atoms with van der Waals surface area (Å²) < 4.78 is 12.2. The van der Waals surface area contributed by atoms with Crippen LogP contribution in [-0.4, -0.2) is 32.8 Å². The highest BCUT2D eigenvalue weighted by Crippen LogP contribution is 2.42. The lowest BCUT2D eigenvalue weighted by Gasteiger charge is -2.27. The summed E-state index contributed by atoms with van der Waals surface area (Å²) in [4.78, 5) is 22.0. The number of nitrogens with one attached hydrogen (secondary N) is 1. The largest absolute Gasteiger partial charge is 0.611 e. The van der Waals surface area contributed by atoms with Gasteiger partial charge in [-0.25, -0.2) is 0 Å². The van der Waals surface area contributed by atoms with Crippen molar-refractivity contribution in [3.63, 3.8) is 0 Å². The van der Waals surface area contributed by atoms with E-state index in [4.69, 9.17) is 5.11 Å². The number of nitrogens with zero attached hydrogens (tertiary/aromatic N) is 1. The van der Waals surface area contributed by atoms with E-state index < -0.39 is 22.1 Å². The zero-order chi connectivity index (χ0) is 23.7. The van der Waals surface area contributed by atoms with Crippen LogP contribution in [0.15, 0.2) is 75.7 Å². The zero-order valence-corrected chi connectivity index (χ0v) is 19.5. The van der Waals surface area contributed by atoms with E-state index in [1.165, 1.54) is 11.6 Å². The van der Waals surface area contributed by atoms with Crippen LogP contribution >= 0.6 is 0 Å². The highest BCUT2D eigenvalue weighted by atomic mass is 32.2. The minimum absolute atomic E-state index is 0.177. The highest BCUT2D eigenvalue weighted by molar-refractivity contribution is 7.95. The Morgan fingerprint density at radius 3 is 2.84 bits per heavy atom. The van der Waals surface area contributed by atoms with Gasteiger partial charge in [0, 0.05) is 24.6 Å². The van der Waals surface area contributed by atoms with Crippen molar-refractivity contribution in [2.24, 2.45) is 11.8 Å². The van der Waals surface area contributed by atoms with E-state index in [9.17, 15) is 19.5 Å². The molecule has 8 heteroatoms. The summed E-state index contributed by atoms with van der Waals surface area (Å²) in [5.41, 5.74) is 7.11. The number of rotatable bonds is 10. The number of allylic oxidation sites excluding steroid dienone is 9. The van der Waals surface area contributed by atoms with Gasteiger partial charge in [0.15, 0.2) is 4.91 Å². The summed E-state index contributed by atoms with van der Waals surface area (Å²) in [5, 5.41) is 22.5. The summed E-state index contributed by atoms with van der Waals surface area (Å²) in [6.45, 7) is 5.70. The fraction of sp³-hybridized carbons (Fsp3) is 0.417. The molecule has 7 nitrogen and oxygen atoms in total. The van der Waals surface area contributed by atoms with Crippen molar-refractivity contribution in [3.05, 3.63) is 85.8 Å². The molecule has 0 saturated carbocycles. The second kappa shape index (κ2) is 12.3. The molecular weight excluding hydrogens is 428 g/mol. The van der Waals surface area contributed by atoms with Gasteiger partial charge >= 0.3 is 5.97 Å². The molecule has 1 aliphatic carbocycles. The number of hydrogen-bond acceptors (Lipinski definition) is 5. The summed E-state index contributed by atoms with van der Waals surface area (Å²) in [7, 11) is 0. The predicted molar refractivity (Wildman–Crippen MR) is 127 cm³/mol. The van der Waals surface area contributed by atoms with Crippen LogP contribution in [-0.2, 0) is 16.0 Å². The molecule has 0 saturated heterocycles. The first-order valence-electron chi connectivity index (χ1n) is 10.5. The van der Waals surface area contributed by atoms with Gasteiger partial charge in [0.25, 0.3) is 0 Å². The van der Waals surface area contributed by atoms with Crippen LogP contribution in [0.5, 0.6) is 0 Å². The molecule has 2 aliphatic rings. The van der Waals surface area contributed by atoms with Gasteiger partial charge in [0.2, 0.25) is 6.20 Å². The number of carbonyl (C=O) groups is 1. The molecule has 32 heavy (non-hydrogen) atoms. The Bertz CT molecular complexity index is 951. The molecule has 0 amide bonds. The number of nitro groups is 1. The van der Waals surface area contributed by atoms with Gasteiger partial charge in [0.05, 0.1) is 4.92 Å². The van der Waals surface area contributed by atoms with Crippen LogP contribution < -0.4 is 5.32 Å². The number of carboxylic acids is 1. The first kappa shape index (κ1) is 25.5. The summed E-state index contributed by atoms with van der Waals surface area (Å²) in [6, 6.07) is 0. The average molecular weight is 459 g/mol. The van der Waals surface area contributed by atoms with Crippen molar-refractivity contribution in [2.45, 2.75) is 40.0 Å². The molecule has 3 atom stereocenters. The van der Waals surface area contributed by atoms with Crippen molar-refractivity contribution >= 4 is 17.1 Å². The van der Waals surface area contributed by atoms with Crippen molar-refractivity contribution in [3.8, 4) is 0 Å². The monoisotopic (exact) mass is 458 g/mol. The van der Waals surface area contributed by atoms with Gasteiger partial charge in [0.1, 0.15) is 12.3 Å². The third-order valence-corrected chi connectivity index (χ3v) is 7.14. The first-order valence-corrected chi connectivity index (χ1v) is 11.9. The molecule has 0 fully saturated rings. The standard InChI is InChI=1S/C24H30N2O5S/c1-4-7-19(8-5-6-12-26(29)30)14-21(18(3)25-16-24(27)28)15-20-9-10-23-22(17(20)2)11-13-32(23)31/h4-6,8-10,12,17,20,25H,11,13-16H2,1-3H3,(H,27,28)/b8-5-,12-6-,21-18+. The maximum Gasteiger partial charge on any atom is 0.322 e. The molecule has 3 unspecified atom stereocenters. The SMILES string of the molecule is CC=C=C(/C=C\C=C/[N+](=O)[O-])C/C(CC1C=CC2=C(CC[S+]2[O-])C1C)=C(/C)NCC(=O)O. The second-order valence-corrected chi connectivity index (χ2v) is 9.34. The quantitative estimate of drug-likeness (QED) is 0.165. The summed E-state index contributed by atoms with van der Waals surface area (Å²) >= 11 is -0.903. The van der Waals surface area contributed by atoms with Gasteiger partial charge in [-0.15, -0.1) is 5.73 Å². The maximum atomic E-state index is 12.2. The van der Waals surface area contributed by atoms with E-state index in [1.54, 1.807) is 18.2 Å². The van der Waals surface area contributed by atoms with E-state index in [0.29, 0.717) is 18.6 Å². The van der Waals surface area contributed by atoms with E-state index in [2.05, 4.69) is 24.0 Å². The predicted octanol–water partition coefficient (Wildman–Crippen LogP) is 4.39. The molecule has 1 aliphatic heterocycles. The number of aliphatic carboxylic acids is 1. The van der Waals surface area contributed by atoms with E-state index in [1.807, 2.05) is 19.9 Å². The normalized spacial score (nSPS) is 23.2. The topological polar surface area (TPSA) is 116 Å². The van der Waals surface area contributed by atoms with Crippen molar-refractivity contribution in [2.75, 3.05) is 12.3 Å². The fourth-order valence-corrected chi connectivity index (χ4v) is 5.37. The van der Waals surface area contributed by atoms with E-state index in [-0.39, 0.29) is 18.4 Å². The lowest BCUT2D eigenvalue weighted by Crippen LogP contribution is -2.23. The lowest BCUT2D eigenvalue weighted by molar-refractivity contribution is -0.402. The van der Waals surface area contributed by atoms with Gasteiger partial charge in [-0.2, -0.15) is 0 Å². The molecule has 0 spiro atoms. The van der Waals surface area contributed by atoms with Crippen LogP contribution in [0.1, 0.15) is 40.0 Å². The number of carboxylic acid groups (broad SMARTS) is 1. The molecular formula is C24H30N2O5S. The average Bonchev–Trinajstić information content (AvgIpc) is 3.12. The van der Waals surface area contributed by atoms with Gasteiger partial charge in [-0.1, -0.05) is 25.2 Å². The van der Waals surface area contributed by atoms with Crippen LogP contribution in [0.25, 0.3) is 0 Å². The van der Waals surface area contributed by atoms with Gasteiger partial charge in [-0.05, 0) is 72.2 Å². The molecule has 0 aromatic carbocycles. The molecule has 2 N–H and O–H groups in total. The smallest absolute Gasteiger partial charge is 0.322 e. The number of hydrogen-bond donors (Lipinski definition) is 2. The molecule has 0 radical (unpaired) electrons. The summed E-state index contributed by atoms with van der Waals surface area (Å²) in [6.07, 6.45) is 13.6. The minimum Gasteiger partial charge on any atom is -0.611 e. The Morgan fingerprint density at radius 1 is 1.44 bits per heavy atom. The Morgan fingerprint density at radius 2 is 2.19 bits per heavy atom. The molecule has 172 valence electrons. The van der Waals surface area contributed by atoms with Gasteiger partial charge in [-0.3, -0.25) is 14.9 Å².